The Morgan fingerprint density at radius 3 is 2.71 bits per heavy atom. The maximum absolute atomic E-state index is 12.8. The van der Waals surface area contributed by atoms with Gasteiger partial charge in [-0.05, 0) is 18.1 Å². The van der Waals surface area contributed by atoms with Crippen LogP contribution in [0.4, 0.5) is 4.39 Å². The van der Waals surface area contributed by atoms with Gasteiger partial charge in [0.15, 0.2) is 0 Å². The fourth-order valence-electron chi connectivity index (χ4n) is 1.57. The van der Waals surface area contributed by atoms with Crippen molar-refractivity contribution in [3.05, 3.63) is 29.6 Å². The fourth-order valence-corrected chi connectivity index (χ4v) is 1.57. The van der Waals surface area contributed by atoms with Crippen molar-refractivity contribution in [2.75, 3.05) is 13.6 Å². The molecule has 4 heteroatoms. The Morgan fingerprint density at radius 2 is 2.18 bits per heavy atom. The van der Waals surface area contributed by atoms with Gasteiger partial charge in [0.25, 0.3) is 5.91 Å². The first-order valence-electron chi connectivity index (χ1n) is 5.69. The van der Waals surface area contributed by atoms with Gasteiger partial charge < -0.3 is 10.0 Å². The van der Waals surface area contributed by atoms with Gasteiger partial charge in [-0.1, -0.05) is 20.3 Å². The highest BCUT2D eigenvalue weighted by atomic mass is 19.1. The van der Waals surface area contributed by atoms with E-state index < -0.39 is 5.82 Å². The van der Waals surface area contributed by atoms with E-state index in [1.54, 1.807) is 11.9 Å². The first-order chi connectivity index (χ1) is 7.95. The molecule has 0 fully saturated rings. The number of amides is 1. The van der Waals surface area contributed by atoms with Gasteiger partial charge in [-0.15, -0.1) is 0 Å². The van der Waals surface area contributed by atoms with Crippen LogP contribution in [0.15, 0.2) is 18.2 Å². The lowest BCUT2D eigenvalue weighted by Crippen LogP contribution is -2.30. The topological polar surface area (TPSA) is 40.5 Å². The number of phenols is 1. The third-order valence-electron chi connectivity index (χ3n) is 2.82. The number of hydrogen-bond donors (Lipinski definition) is 1. The number of carbonyl (C=O) groups excluding carboxylic acids is 1. The van der Waals surface area contributed by atoms with Gasteiger partial charge in [-0.25, -0.2) is 4.39 Å². The van der Waals surface area contributed by atoms with Crippen molar-refractivity contribution in [2.24, 2.45) is 5.92 Å². The summed E-state index contributed by atoms with van der Waals surface area (Å²) in [5.74, 6) is -0.760. The minimum atomic E-state index is -0.552. The highest BCUT2D eigenvalue weighted by Gasteiger charge is 2.17. The Kier molecular flexibility index (Phi) is 4.49. The summed E-state index contributed by atoms with van der Waals surface area (Å²) < 4.78 is 12.8. The smallest absolute Gasteiger partial charge is 0.257 e. The Labute approximate surface area is 101 Å². The van der Waals surface area contributed by atoms with E-state index in [0.29, 0.717) is 12.5 Å². The molecule has 1 atom stereocenters. The van der Waals surface area contributed by atoms with Crippen LogP contribution in [0.2, 0.25) is 0 Å². The van der Waals surface area contributed by atoms with Gasteiger partial charge in [0.05, 0.1) is 5.56 Å². The molecule has 0 heterocycles. The van der Waals surface area contributed by atoms with Crippen molar-refractivity contribution in [2.45, 2.75) is 20.3 Å². The highest BCUT2D eigenvalue weighted by molar-refractivity contribution is 5.96. The quantitative estimate of drug-likeness (QED) is 0.877. The normalized spacial score (nSPS) is 12.2. The SMILES string of the molecule is CCC(C)CN(C)C(=O)c1ccc(F)cc1O. The third-order valence-corrected chi connectivity index (χ3v) is 2.82. The van der Waals surface area contributed by atoms with Crippen molar-refractivity contribution in [1.29, 1.82) is 0 Å². The molecule has 0 bridgehead atoms. The van der Waals surface area contributed by atoms with Crippen molar-refractivity contribution in [1.82, 2.24) is 4.90 Å². The molecule has 1 aromatic rings. The van der Waals surface area contributed by atoms with Crippen LogP contribution in [0.3, 0.4) is 0 Å². The minimum absolute atomic E-state index is 0.136. The molecular weight excluding hydrogens is 221 g/mol. The maximum Gasteiger partial charge on any atom is 0.257 e. The van der Waals surface area contributed by atoms with Crippen LogP contribution in [0.25, 0.3) is 0 Å². The summed E-state index contributed by atoms with van der Waals surface area (Å²) >= 11 is 0. The number of benzene rings is 1. The van der Waals surface area contributed by atoms with E-state index >= 15 is 0 Å². The molecule has 1 N–H and O–H groups in total. The van der Waals surface area contributed by atoms with Crippen molar-refractivity contribution < 1.29 is 14.3 Å². The van der Waals surface area contributed by atoms with Gasteiger partial charge in [-0.3, -0.25) is 4.79 Å². The Morgan fingerprint density at radius 1 is 1.53 bits per heavy atom. The molecular formula is C13H18FNO2. The lowest BCUT2D eigenvalue weighted by Gasteiger charge is -2.21. The van der Waals surface area contributed by atoms with E-state index in [1.165, 1.54) is 12.1 Å². The van der Waals surface area contributed by atoms with Crippen molar-refractivity contribution in [3.63, 3.8) is 0 Å². The van der Waals surface area contributed by atoms with Crippen LogP contribution in [-0.2, 0) is 0 Å². The molecule has 0 aliphatic heterocycles. The molecule has 0 saturated carbocycles. The summed E-state index contributed by atoms with van der Waals surface area (Å²) in [7, 11) is 1.68. The second-order valence-electron chi connectivity index (χ2n) is 4.36. The fraction of sp³-hybridized carbons (Fsp3) is 0.462. The second-order valence-corrected chi connectivity index (χ2v) is 4.36. The van der Waals surface area contributed by atoms with Crippen LogP contribution in [0, 0.1) is 11.7 Å². The average molecular weight is 239 g/mol. The molecule has 0 aromatic heterocycles. The largest absolute Gasteiger partial charge is 0.507 e. The van der Waals surface area contributed by atoms with Crippen LogP contribution in [0.5, 0.6) is 5.75 Å². The number of hydrogen-bond acceptors (Lipinski definition) is 2. The van der Waals surface area contributed by atoms with Gasteiger partial charge in [0.2, 0.25) is 0 Å². The summed E-state index contributed by atoms with van der Waals surface area (Å²) in [5, 5.41) is 9.51. The molecule has 3 nitrogen and oxygen atoms in total. The van der Waals surface area contributed by atoms with E-state index in [-0.39, 0.29) is 17.2 Å². The zero-order valence-corrected chi connectivity index (χ0v) is 10.4. The number of nitrogens with zero attached hydrogens (tertiary/aromatic N) is 1. The molecule has 1 unspecified atom stereocenters. The summed E-state index contributed by atoms with van der Waals surface area (Å²) in [5.41, 5.74) is 0.136. The predicted molar refractivity (Wildman–Crippen MR) is 64.5 cm³/mol. The van der Waals surface area contributed by atoms with Gasteiger partial charge in [0.1, 0.15) is 11.6 Å². The van der Waals surface area contributed by atoms with Gasteiger partial charge in [-0.2, -0.15) is 0 Å². The second kappa shape index (κ2) is 5.66. The molecule has 0 aliphatic carbocycles. The monoisotopic (exact) mass is 239 g/mol. The molecule has 0 spiro atoms. The lowest BCUT2D eigenvalue weighted by atomic mass is 10.1. The third kappa shape index (κ3) is 3.44. The number of phenolic OH excluding ortho intramolecular Hbond substituents is 1. The summed E-state index contributed by atoms with van der Waals surface area (Å²) in [6, 6.07) is 3.43. The van der Waals surface area contributed by atoms with Crippen LogP contribution >= 0.6 is 0 Å². The number of rotatable bonds is 4. The maximum atomic E-state index is 12.8. The Bertz CT molecular complexity index is 406. The average Bonchev–Trinajstić information content (AvgIpc) is 2.28. The summed E-state index contributed by atoms with van der Waals surface area (Å²) in [4.78, 5) is 13.5. The first kappa shape index (κ1) is 13.5. The summed E-state index contributed by atoms with van der Waals surface area (Å²) in [6.07, 6.45) is 0.979. The predicted octanol–water partition coefficient (Wildman–Crippen LogP) is 2.65. The van der Waals surface area contributed by atoms with Crippen LogP contribution in [-0.4, -0.2) is 29.5 Å². The van der Waals surface area contributed by atoms with E-state index in [0.717, 1.165) is 12.5 Å². The molecule has 0 aliphatic rings. The van der Waals surface area contributed by atoms with E-state index in [1.807, 2.05) is 6.92 Å². The molecule has 1 amide bonds. The molecule has 1 aromatic carbocycles. The van der Waals surface area contributed by atoms with Gasteiger partial charge in [0, 0.05) is 19.7 Å². The van der Waals surface area contributed by atoms with Crippen LogP contribution < -0.4 is 0 Å². The van der Waals surface area contributed by atoms with E-state index in [9.17, 15) is 14.3 Å². The molecule has 1 rings (SSSR count). The van der Waals surface area contributed by atoms with Crippen molar-refractivity contribution in [3.8, 4) is 5.75 Å². The minimum Gasteiger partial charge on any atom is -0.507 e. The highest BCUT2D eigenvalue weighted by Crippen LogP contribution is 2.20. The van der Waals surface area contributed by atoms with Crippen LogP contribution in [0.1, 0.15) is 30.6 Å². The summed E-state index contributed by atoms with van der Waals surface area (Å²) in [6.45, 7) is 4.72. The number of halogens is 1. The Hall–Kier alpha value is -1.58. The first-order valence-corrected chi connectivity index (χ1v) is 5.69. The molecule has 0 saturated heterocycles. The van der Waals surface area contributed by atoms with E-state index in [2.05, 4.69) is 6.92 Å². The van der Waals surface area contributed by atoms with Gasteiger partial charge >= 0.3 is 0 Å². The zero-order valence-electron chi connectivity index (χ0n) is 10.4. The standard InChI is InChI=1S/C13H18FNO2/c1-4-9(2)8-15(3)13(17)11-6-5-10(14)7-12(11)16/h5-7,9,16H,4,8H2,1-3H3. The zero-order chi connectivity index (χ0) is 13.0. The lowest BCUT2D eigenvalue weighted by molar-refractivity contribution is 0.0772. The Balaban J connectivity index is 2.81. The van der Waals surface area contributed by atoms with Crippen molar-refractivity contribution >= 4 is 5.91 Å². The molecule has 94 valence electrons. The number of aromatic hydroxyl groups is 1. The molecule has 0 radical (unpaired) electrons. The van der Waals surface area contributed by atoms with E-state index in [4.69, 9.17) is 0 Å². The molecule has 17 heavy (non-hydrogen) atoms. The number of carbonyl (C=O) groups is 1.